The van der Waals surface area contributed by atoms with Gasteiger partial charge in [0.25, 0.3) is 0 Å². The lowest BCUT2D eigenvalue weighted by molar-refractivity contribution is -0.167. The largest absolute Gasteiger partial charge is 0.462 e. The van der Waals surface area contributed by atoms with Crippen molar-refractivity contribution in [1.29, 1.82) is 0 Å². The molecule has 1 atom stereocenters. The molecule has 0 radical (unpaired) electrons. The highest BCUT2D eigenvalue weighted by Gasteiger charge is 2.19. The van der Waals surface area contributed by atoms with E-state index in [9.17, 15) is 14.4 Å². The monoisotopic (exact) mass is 526 g/mol. The van der Waals surface area contributed by atoms with Crippen molar-refractivity contribution in [2.45, 2.75) is 168 Å². The molecule has 0 aliphatic heterocycles. The third-order valence-corrected chi connectivity index (χ3v) is 6.61. The van der Waals surface area contributed by atoms with Crippen molar-refractivity contribution in [1.82, 2.24) is 0 Å². The summed E-state index contributed by atoms with van der Waals surface area (Å²) < 4.78 is 16.3. The van der Waals surface area contributed by atoms with Gasteiger partial charge in [-0.1, -0.05) is 124 Å². The Labute approximate surface area is 228 Å². The summed E-state index contributed by atoms with van der Waals surface area (Å²) in [4.78, 5) is 36.7. The van der Waals surface area contributed by atoms with Crippen molar-refractivity contribution in [3.05, 3.63) is 0 Å². The Morgan fingerprint density at radius 3 is 1.08 bits per heavy atom. The minimum absolute atomic E-state index is 0.0676. The molecule has 0 aliphatic carbocycles. The zero-order chi connectivity index (χ0) is 27.4. The number of carbonyl (C=O) groups is 3. The van der Waals surface area contributed by atoms with Gasteiger partial charge in [0.15, 0.2) is 6.10 Å². The van der Waals surface area contributed by atoms with Crippen LogP contribution in [0.2, 0.25) is 0 Å². The summed E-state index contributed by atoms with van der Waals surface area (Å²) in [5.41, 5.74) is 0. The van der Waals surface area contributed by atoms with E-state index in [1.165, 1.54) is 57.8 Å². The minimum atomic E-state index is -0.751. The molecule has 0 bridgehead atoms. The molecule has 0 heterocycles. The highest BCUT2D eigenvalue weighted by atomic mass is 16.6. The van der Waals surface area contributed by atoms with Crippen LogP contribution in [0.1, 0.15) is 162 Å². The van der Waals surface area contributed by atoms with E-state index >= 15 is 0 Å². The van der Waals surface area contributed by atoms with E-state index in [2.05, 4.69) is 20.8 Å². The van der Waals surface area contributed by atoms with E-state index in [1.807, 2.05) is 0 Å². The number of hydrogen-bond donors (Lipinski definition) is 0. The molecule has 0 saturated carbocycles. The van der Waals surface area contributed by atoms with Crippen molar-refractivity contribution in [2.75, 3.05) is 13.2 Å². The molecule has 0 N–H and O–H groups in total. The fourth-order valence-electron chi connectivity index (χ4n) is 4.20. The Kier molecular flexibility index (Phi) is 26.3. The van der Waals surface area contributed by atoms with Gasteiger partial charge in [0.05, 0.1) is 0 Å². The lowest BCUT2D eigenvalue weighted by Gasteiger charge is -2.18. The van der Waals surface area contributed by atoms with E-state index < -0.39 is 6.10 Å². The first-order valence-electron chi connectivity index (χ1n) is 15.5. The molecule has 1 unspecified atom stereocenters. The highest BCUT2D eigenvalue weighted by molar-refractivity contribution is 5.71. The number of hydrogen-bond acceptors (Lipinski definition) is 6. The van der Waals surface area contributed by atoms with Gasteiger partial charge in [-0.3, -0.25) is 14.4 Å². The van der Waals surface area contributed by atoms with Gasteiger partial charge in [0.2, 0.25) is 0 Å². The Morgan fingerprint density at radius 1 is 0.432 bits per heavy atom. The Hall–Kier alpha value is -1.59. The fraction of sp³-hybridized carbons (Fsp3) is 0.903. The molecule has 0 fully saturated rings. The molecule has 0 amide bonds. The van der Waals surface area contributed by atoms with Crippen LogP contribution in [0.15, 0.2) is 0 Å². The molecule has 218 valence electrons. The second kappa shape index (κ2) is 27.4. The summed E-state index contributed by atoms with van der Waals surface area (Å²) in [5.74, 6) is -0.903. The summed E-state index contributed by atoms with van der Waals surface area (Å²) in [5, 5.41) is 0. The summed E-state index contributed by atoms with van der Waals surface area (Å²) in [7, 11) is 0. The maximum absolute atomic E-state index is 12.4. The normalized spacial score (nSPS) is 11.8. The molecule has 0 spiro atoms. The van der Waals surface area contributed by atoms with E-state index in [1.54, 1.807) is 0 Å². The molecule has 0 aromatic rings. The number of ether oxygens (including phenoxy) is 3. The number of esters is 3. The quantitative estimate of drug-likeness (QED) is 0.0605. The standard InChI is InChI=1S/C31H58O6/c1-4-7-10-13-15-18-21-24-30(33)36-27-28(26-35-29(32)23-20-17-12-9-6-3)37-31(34)25-22-19-16-14-11-8-5-2/h28H,4-27H2,1-3H3. The fourth-order valence-corrected chi connectivity index (χ4v) is 4.20. The maximum atomic E-state index is 12.4. The van der Waals surface area contributed by atoms with Crippen LogP contribution in [0.4, 0.5) is 0 Å². The van der Waals surface area contributed by atoms with Crippen LogP contribution < -0.4 is 0 Å². The molecule has 6 heteroatoms. The van der Waals surface area contributed by atoms with Crippen molar-refractivity contribution < 1.29 is 28.6 Å². The van der Waals surface area contributed by atoms with Crippen molar-refractivity contribution in [3.8, 4) is 0 Å². The molecule has 0 aromatic heterocycles. The Morgan fingerprint density at radius 2 is 0.730 bits per heavy atom. The minimum Gasteiger partial charge on any atom is -0.462 e. The van der Waals surface area contributed by atoms with Gasteiger partial charge in [0, 0.05) is 19.3 Å². The van der Waals surface area contributed by atoms with Crippen molar-refractivity contribution >= 4 is 17.9 Å². The molecule has 0 saturated heterocycles. The Balaban J connectivity index is 4.35. The SMILES string of the molecule is CCCCCCCCCC(=O)OCC(COC(=O)CCCCCCC)OC(=O)CCCCCCCCC. The summed E-state index contributed by atoms with van der Waals surface area (Å²) in [6.07, 6.45) is 21.4. The van der Waals surface area contributed by atoms with Crippen LogP contribution in [0.25, 0.3) is 0 Å². The molecule has 6 nitrogen and oxygen atoms in total. The van der Waals surface area contributed by atoms with Crippen LogP contribution in [0.5, 0.6) is 0 Å². The van der Waals surface area contributed by atoms with Gasteiger partial charge >= 0.3 is 17.9 Å². The molecule has 0 aliphatic rings. The van der Waals surface area contributed by atoms with Crippen LogP contribution in [0, 0.1) is 0 Å². The first-order valence-corrected chi connectivity index (χ1v) is 15.5. The average molecular weight is 527 g/mol. The van der Waals surface area contributed by atoms with E-state index in [-0.39, 0.29) is 31.1 Å². The van der Waals surface area contributed by atoms with Gasteiger partial charge in [-0.05, 0) is 19.3 Å². The second-order valence-corrected chi connectivity index (χ2v) is 10.4. The number of unbranched alkanes of at least 4 members (excludes halogenated alkanes) is 16. The second-order valence-electron chi connectivity index (χ2n) is 10.4. The van der Waals surface area contributed by atoms with Crippen LogP contribution >= 0.6 is 0 Å². The molecular formula is C31H58O6. The van der Waals surface area contributed by atoms with E-state index in [0.717, 1.165) is 64.2 Å². The molecular weight excluding hydrogens is 468 g/mol. The third kappa shape index (κ3) is 25.8. The van der Waals surface area contributed by atoms with Gasteiger partial charge < -0.3 is 14.2 Å². The van der Waals surface area contributed by atoms with Crippen LogP contribution in [-0.2, 0) is 28.6 Å². The zero-order valence-electron chi connectivity index (χ0n) is 24.5. The van der Waals surface area contributed by atoms with Gasteiger partial charge in [-0.2, -0.15) is 0 Å². The van der Waals surface area contributed by atoms with Gasteiger partial charge in [-0.25, -0.2) is 0 Å². The van der Waals surface area contributed by atoms with Gasteiger partial charge in [-0.15, -0.1) is 0 Å². The summed E-state index contributed by atoms with van der Waals surface area (Å²) >= 11 is 0. The lowest BCUT2D eigenvalue weighted by Crippen LogP contribution is -2.30. The summed E-state index contributed by atoms with van der Waals surface area (Å²) in [6.45, 7) is 6.42. The van der Waals surface area contributed by atoms with Crippen LogP contribution in [-0.4, -0.2) is 37.2 Å². The molecule has 37 heavy (non-hydrogen) atoms. The summed E-state index contributed by atoms with van der Waals surface area (Å²) in [6, 6.07) is 0. The maximum Gasteiger partial charge on any atom is 0.306 e. The highest BCUT2D eigenvalue weighted by Crippen LogP contribution is 2.12. The smallest absolute Gasteiger partial charge is 0.306 e. The van der Waals surface area contributed by atoms with Gasteiger partial charge in [0.1, 0.15) is 13.2 Å². The topological polar surface area (TPSA) is 78.9 Å². The first kappa shape index (κ1) is 35.4. The van der Waals surface area contributed by atoms with Crippen molar-refractivity contribution in [3.63, 3.8) is 0 Å². The molecule has 0 rings (SSSR count). The van der Waals surface area contributed by atoms with Crippen molar-refractivity contribution in [2.24, 2.45) is 0 Å². The number of carbonyl (C=O) groups excluding carboxylic acids is 3. The lowest BCUT2D eigenvalue weighted by atomic mass is 10.1. The number of rotatable bonds is 27. The Bertz CT molecular complexity index is 548. The molecule has 0 aromatic carbocycles. The first-order chi connectivity index (χ1) is 18.0. The van der Waals surface area contributed by atoms with E-state index in [0.29, 0.717) is 19.3 Å². The predicted octanol–water partition coefficient (Wildman–Crippen LogP) is 8.63. The zero-order valence-corrected chi connectivity index (χ0v) is 24.5. The van der Waals surface area contributed by atoms with E-state index in [4.69, 9.17) is 14.2 Å². The van der Waals surface area contributed by atoms with Crippen LogP contribution in [0.3, 0.4) is 0 Å². The predicted molar refractivity (Wildman–Crippen MR) is 150 cm³/mol. The average Bonchev–Trinajstić information content (AvgIpc) is 2.89. The third-order valence-electron chi connectivity index (χ3n) is 6.61.